The van der Waals surface area contributed by atoms with Crippen molar-refractivity contribution in [1.29, 1.82) is 0 Å². The lowest BCUT2D eigenvalue weighted by Gasteiger charge is -2.13. The third-order valence-corrected chi connectivity index (χ3v) is 3.39. The van der Waals surface area contributed by atoms with Crippen LogP contribution in [0.2, 0.25) is 0 Å². The van der Waals surface area contributed by atoms with Crippen molar-refractivity contribution in [2.24, 2.45) is 0 Å². The molecular weight excluding hydrogens is 322 g/mol. The number of Topliss-reactive ketones (excluding diaryl/α,β-unsaturated/α-hetero) is 1. The number of methoxy groups -OCH3 is 1. The Morgan fingerprint density at radius 2 is 1.76 bits per heavy atom. The molecule has 6 nitrogen and oxygen atoms in total. The molecule has 0 saturated carbocycles. The zero-order valence-electron chi connectivity index (χ0n) is 14.5. The molecule has 0 aliphatic heterocycles. The van der Waals surface area contributed by atoms with Crippen molar-refractivity contribution in [3.8, 4) is 17.2 Å². The summed E-state index contributed by atoms with van der Waals surface area (Å²) in [5.41, 5.74) is 1.09. The lowest BCUT2D eigenvalue weighted by molar-refractivity contribution is -0.118. The summed E-state index contributed by atoms with van der Waals surface area (Å²) >= 11 is 0. The largest absolute Gasteiger partial charge is 0.493 e. The van der Waals surface area contributed by atoms with E-state index in [2.05, 4.69) is 5.32 Å². The lowest BCUT2D eigenvalue weighted by atomic mass is 10.1. The first kappa shape index (κ1) is 18.3. The number of hydrogen-bond donors (Lipinski definition) is 1. The Balaban J connectivity index is 2.02. The van der Waals surface area contributed by atoms with Crippen LogP contribution in [0.1, 0.15) is 24.2 Å². The van der Waals surface area contributed by atoms with Gasteiger partial charge in [-0.2, -0.15) is 0 Å². The van der Waals surface area contributed by atoms with Crippen LogP contribution in [0.3, 0.4) is 0 Å². The molecule has 6 heteroatoms. The van der Waals surface area contributed by atoms with E-state index in [9.17, 15) is 9.59 Å². The Bertz CT molecular complexity index is 757. The first-order valence-corrected chi connectivity index (χ1v) is 7.88. The summed E-state index contributed by atoms with van der Waals surface area (Å²) in [6.07, 6.45) is 0. The number of rotatable bonds is 8. The lowest BCUT2D eigenvalue weighted by Crippen LogP contribution is -2.20. The number of carbonyl (C=O) groups excluding carboxylic acids is 2. The summed E-state index contributed by atoms with van der Waals surface area (Å²) in [5, 5.41) is 2.75. The number of carbonyl (C=O) groups is 2. The third-order valence-electron chi connectivity index (χ3n) is 3.39. The van der Waals surface area contributed by atoms with Crippen LogP contribution in [-0.2, 0) is 4.79 Å². The number of ketones is 1. The van der Waals surface area contributed by atoms with Gasteiger partial charge < -0.3 is 19.5 Å². The third kappa shape index (κ3) is 4.97. The van der Waals surface area contributed by atoms with E-state index in [1.165, 1.54) is 14.0 Å². The van der Waals surface area contributed by atoms with Gasteiger partial charge in [0, 0.05) is 5.56 Å². The molecule has 0 radical (unpaired) electrons. The Labute approximate surface area is 146 Å². The first-order chi connectivity index (χ1) is 12.0. The average Bonchev–Trinajstić information content (AvgIpc) is 2.61. The van der Waals surface area contributed by atoms with Crippen LogP contribution in [0, 0.1) is 0 Å². The van der Waals surface area contributed by atoms with Crippen LogP contribution in [0.25, 0.3) is 0 Å². The number of para-hydroxylation sites is 2. The monoisotopic (exact) mass is 343 g/mol. The van der Waals surface area contributed by atoms with E-state index in [0.29, 0.717) is 35.1 Å². The first-order valence-electron chi connectivity index (χ1n) is 7.88. The highest BCUT2D eigenvalue weighted by Gasteiger charge is 2.12. The maximum atomic E-state index is 12.1. The van der Waals surface area contributed by atoms with Crippen molar-refractivity contribution in [2.75, 3.05) is 25.6 Å². The molecule has 0 heterocycles. The zero-order chi connectivity index (χ0) is 18.2. The predicted octanol–water partition coefficient (Wildman–Crippen LogP) is 3.31. The van der Waals surface area contributed by atoms with Gasteiger partial charge in [0.25, 0.3) is 5.91 Å². The summed E-state index contributed by atoms with van der Waals surface area (Å²) in [6, 6.07) is 12.0. The second kappa shape index (κ2) is 8.73. The predicted molar refractivity (Wildman–Crippen MR) is 94.7 cm³/mol. The van der Waals surface area contributed by atoms with Gasteiger partial charge >= 0.3 is 0 Å². The fourth-order valence-electron chi connectivity index (χ4n) is 2.19. The molecule has 2 aromatic rings. The van der Waals surface area contributed by atoms with E-state index < -0.39 is 0 Å². The van der Waals surface area contributed by atoms with E-state index in [4.69, 9.17) is 14.2 Å². The van der Waals surface area contributed by atoms with E-state index in [1.54, 1.807) is 30.3 Å². The normalized spacial score (nSPS) is 10.0. The molecule has 0 atom stereocenters. The van der Waals surface area contributed by atoms with Crippen molar-refractivity contribution in [1.82, 2.24) is 0 Å². The minimum absolute atomic E-state index is 0.0740. The smallest absolute Gasteiger partial charge is 0.262 e. The average molecular weight is 343 g/mol. The molecule has 0 spiro atoms. The molecule has 0 saturated heterocycles. The van der Waals surface area contributed by atoms with Gasteiger partial charge in [0.2, 0.25) is 0 Å². The van der Waals surface area contributed by atoms with Crippen LogP contribution in [-0.4, -0.2) is 32.0 Å². The topological polar surface area (TPSA) is 73.9 Å². The van der Waals surface area contributed by atoms with E-state index in [1.807, 2.05) is 19.1 Å². The number of anilines is 1. The molecule has 132 valence electrons. The van der Waals surface area contributed by atoms with Crippen molar-refractivity contribution >= 4 is 17.4 Å². The SMILES string of the molecule is CCOc1ccccc1NC(=O)COc1ccc(C(C)=O)cc1OC. The van der Waals surface area contributed by atoms with Crippen LogP contribution in [0.15, 0.2) is 42.5 Å². The molecule has 0 fully saturated rings. The van der Waals surface area contributed by atoms with Crippen LogP contribution in [0.4, 0.5) is 5.69 Å². The summed E-state index contributed by atoms with van der Waals surface area (Å²) < 4.78 is 16.2. The Morgan fingerprint density at radius 1 is 1.00 bits per heavy atom. The van der Waals surface area contributed by atoms with E-state index in [-0.39, 0.29) is 18.3 Å². The number of amides is 1. The Morgan fingerprint density at radius 3 is 2.44 bits per heavy atom. The van der Waals surface area contributed by atoms with Crippen LogP contribution in [0.5, 0.6) is 17.2 Å². The molecule has 1 amide bonds. The molecule has 2 aromatic carbocycles. The van der Waals surface area contributed by atoms with Crippen molar-refractivity contribution in [3.05, 3.63) is 48.0 Å². The second-order valence-electron chi connectivity index (χ2n) is 5.19. The van der Waals surface area contributed by atoms with Gasteiger partial charge in [-0.1, -0.05) is 12.1 Å². The molecule has 25 heavy (non-hydrogen) atoms. The van der Waals surface area contributed by atoms with Crippen LogP contribution >= 0.6 is 0 Å². The maximum Gasteiger partial charge on any atom is 0.262 e. The number of hydrogen-bond acceptors (Lipinski definition) is 5. The minimum atomic E-state index is -0.329. The van der Waals surface area contributed by atoms with Gasteiger partial charge in [-0.05, 0) is 44.2 Å². The number of nitrogens with one attached hydrogen (secondary N) is 1. The fourth-order valence-corrected chi connectivity index (χ4v) is 2.19. The van der Waals surface area contributed by atoms with Gasteiger partial charge in [0.15, 0.2) is 23.9 Å². The molecule has 0 aromatic heterocycles. The second-order valence-corrected chi connectivity index (χ2v) is 5.19. The number of benzene rings is 2. The molecule has 1 N–H and O–H groups in total. The highest BCUT2D eigenvalue weighted by molar-refractivity contribution is 5.95. The number of ether oxygens (including phenoxy) is 3. The molecule has 0 aliphatic rings. The molecule has 0 bridgehead atoms. The summed E-state index contributed by atoms with van der Waals surface area (Å²) in [4.78, 5) is 23.5. The van der Waals surface area contributed by atoms with E-state index >= 15 is 0 Å². The highest BCUT2D eigenvalue weighted by atomic mass is 16.5. The summed E-state index contributed by atoms with van der Waals surface area (Å²) in [5.74, 6) is 0.984. The summed E-state index contributed by atoms with van der Waals surface area (Å²) in [7, 11) is 1.48. The van der Waals surface area contributed by atoms with Crippen molar-refractivity contribution in [3.63, 3.8) is 0 Å². The van der Waals surface area contributed by atoms with Crippen molar-refractivity contribution < 1.29 is 23.8 Å². The van der Waals surface area contributed by atoms with Gasteiger partial charge in [-0.25, -0.2) is 0 Å². The molecule has 0 unspecified atom stereocenters. The maximum absolute atomic E-state index is 12.1. The van der Waals surface area contributed by atoms with Crippen molar-refractivity contribution in [2.45, 2.75) is 13.8 Å². The van der Waals surface area contributed by atoms with E-state index in [0.717, 1.165) is 0 Å². The molecule has 0 aliphatic carbocycles. The van der Waals surface area contributed by atoms with Crippen LogP contribution < -0.4 is 19.5 Å². The highest BCUT2D eigenvalue weighted by Crippen LogP contribution is 2.28. The van der Waals surface area contributed by atoms with Gasteiger partial charge in [-0.3, -0.25) is 9.59 Å². The molecular formula is C19H21NO5. The van der Waals surface area contributed by atoms with Gasteiger partial charge in [0.1, 0.15) is 5.75 Å². The summed E-state index contributed by atoms with van der Waals surface area (Å²) in [6.45, 7) is 3.65. The standard InChI is InChI=1S/C19H21NO5/c1-4-24-16-8-6-5-7-15(16)20-19(22)12-25-17-10-9-14(13(2)21)11-18(17)23-3/h5-11H,4,12H2,1-3H3,(H,20,22). The Kier molecular flexibility index (Phi) is 6.39. The Hall–Kier alpha value is -3.02. The van der Waals surface area contributed by atoms with Gasteiger partial charge in [-0.15, -0.1) is 0 Å². The minimum Gasteiger partial charge on any atom is -0.493 e. The zero-order valence-corrected chi connectivity index (χ0v) is 14.5. The molecule has 2 rings (SSSR count). The quantitative estimate of drug-likeness (QED) is 0.744. The van der Waals surface area contributed by atoms with Gasteiger partial charge in [0.05, 0.1) is 19.4 Å². The fraction of sp³-hybridized carbons (Fsp3) is 0.263.